The second-order valence-electron chi connectivity index (χ2n) is 6.28. The van der Waals surface area contributed by atoms with E-state index in [1.54, 1.807) is 13.0 Å². The molecule has 8 heteroatoms. The number of benzene rings is 2. The number of ether oxygens (including phenoxy) is 2. The van der Waals surface area contributed by atoms with E-state index in [9.17, 15) is 14.9 Å². The highest BCUT2D eigenvalue weighted by Crippen LogP contribution is 2.35. The van der Waals surface area contributed by atoms with Crippen LogP contribution in [0.3, 0.4) is 0 Å². The van der Waals surface area contributed by atoms with Gasteiger partial charge in [-0.1, -0.05) is 35.3 Å². The van der Waals surface area contributed by atoms with Gasteiger partial charge in [-0.15, -0.1) is 0 Å². The zero-order chi connectivity index (χ0) is 22.3. The van der Waals surface area contributed by atoms with Crippen LogP contribution in [0.4, 0.5) is 5.69 Å². The van der Waals surface area contributed by atoms with Gasteiger partial charge in [0.25, 0.3) is 5.91 Å². The summed E-state index contributed by atoms with van der Waals surface area (Å²) in [4.78, 5) is 24.0. The molecule has 0 atom stereocenters. The third-order valence-electron chi connectivity index (χ3n) is 4.19. The number of hydrogen-bond acceptors (Lipinski definition) is 5. The van der Waals surface area contributed by atoms with E-state index in [1.165, 1.54) is 18.2 Å². The average molecular weight is 447 g/mol. The van der Waals surface area contributed by atoms with Crippen LogP contribution in [0.2, 0.25) is 10.0 Å². The molecule has 0 bridgehead atoms. The van der Waals surface area contributed by atoms with Gasteiger partial charge in [0.1, 0.15) is 11.6 Å². The molecule has 0 saturated carbocycles. The quantitative estimate of drug-likeness (QED) is 0.363. The molecule has 156 valence electrons. The van der Waals surface area contributed by atoms with Crippen LogP contribution in [-0.2, 0) is 14.3 Å². The third kappa shape index (κ3) is 5.99. The summed E-state index contributed by atoms with van der Waals surface area (Å²) < 4.78 is 10.1. The fourth-order valence-corrected chi connectivity index (χ4v) is 3.14. The molecule has 0 aliphatic heterocycles. The standard InChI is InChI=1S/C22H20Cl2N2O4/c1-4-29-20(27)12-30-21-17(23)9-15(10-18(21)24)8-16(11-25)22(28)26-19-7-5-6-13(2)14(19)3/h5-10H,4,12H2,1-3H3,(H,26,28)/b16-8+. The van der Waals surface area contributed by atoms with Gasteiger partial charge in [0.15, 0.2) is 12.4 Å². The molecule has 0 saturated heterocycles. The SMILES string of the molecule is CCOC(=O)COc1c(Cl)cc(/C=C(\C#N)C(=O)Nc2cccc(C)c2C)cc1Cl. The van der Waals surface area contributed by atoms with Crippen LogP contribution in [0.25, 0.3) is 6.08 Å². The largest absolute Gasteiger partial charge is 0.479 e. The lowest BCUT2D eigenvalue weighted by Gasteiger charge is -2.11. The van der Waals surface area contributed by atoms with E-state index in [1.807, 2.05) is 32.0 Å². The van der Waals surface area contributed by atoms with E-state index in [0.29, 0.717) is 11.3 Å². The van der Waals surface area contributed by atoms with Crippen molar-refractivity contribution < 1.29 is 19.1 Å². The summed E-state index contributed by atoms with van der Waals surface area (Å²) in [7, 11) is 0. The van der Waals surface area contributed by atoms with Gasteiger partial charge in [0.2, 0.25) is 0 Å². The van der Waals surface area contributed by atoms with Gasteiger partial charge in [0, 0.05) is 5.69 Å². The first-order valence-electron chi connectivity index (χ1n) is 9.03. The topological polar surface area (TPSA) is 88.4 Å². The van der Waals surface area contributed by atoms with Gasteiger partial charge in [-0.25, -0.2) is 4.79 Å². The Morgan fingerprint density at radius 3 is 2.47 bits per heavy atom. The van der Waals surface area contributed by atoms with Crippen molar-refractivity contribution in [3.8, 4) is 11.8 Å². The molecule has 0 aliphatic rings. The van der Waals surface area contributed by atoms with Crippen molar-refractivity contribution in [2.24, 2.45) is 0 Å². The van der Waals surface area contributed by atoms with Crippen molar-refractivity contribution in [2.45, 2.75) is 20.8 Å². The summed E-state index contributed by atoms with van der Waals surface area (Å²) in [5.41, 5.74) is 2.87. The van der Waals surface area contributed by atoms with Crippen LogP contribution in [0.5, 0.6) is 5.75 Å². The van der Waals surface area contributed by atoms with Crippen molar-refractivity contribution in [3.63, 3.8) is 0 Å². The number of esters is 1. The number of carbonyl (C=O) groups is 2. The first kappa shape index (κ1) is 23.3. The van der Waals surface area contributed by atoms with Gasteiger partial charge in [-0.3, -0.25) is 4.79 Å². The zero-order valence-electron chi connectivity index (χ0n) is 16.7. The second-order valence-corrected chi connectivity index (χ2v) is 7.09. The van der Waals surface area contributed by atoms with Crippen LogP contribution in [0.1, 0.15) is 23.6 Å². The number of aryl methyl sites for hydroxylation is 1. The van der Waals surface area contributed by atoms with E-state index in [2.05, 4.69) is 5.32 Å². The smallest absolute Gasteiger partial charge is 0.344 e. The van der Waals surface area contributed by atoms with E-state index in [0.717, 1.165) is 11.1 Å². The van der Waals surface area contributed by atoms with Crippen molar-refractivity contribution in [2.75, 3.05) is 18.5 Å². The first-order valence-corrected chi connectivity index (χ1v) is 9.79. The minimum Gasteiger partial charge on any atom is -0.479 e. The normalized spacial score (nSPS) is 10.9. The molecule has 30 heavy (non-hydrogen) atoms. The number of halogens is 2. The van der Waals surface area contributed by atoms with Crippen LogP contribution < -0.4 is 10.1 Å². The molecule has 0 radical (unpaired) electrons. The number of hydrogen-bond donors (Lipinski definition) is 1. The summed E-state index contributed by atoms with van der Waals surface area (Å²) >= 11 is 12.4. The molecule has 0 aromatic heterocycles. The lowest BCUT2D eigenvalue weighted by molar-refractivity contribution is -0.145. The predicted octanol–water partition coefficient (Wildman–Crippen LogP) is 5.10. The first-order chi connectivity index (χ1) is 14.3. The van der Waals surface area contributed by atoms with Gasteiger partial charge in [0.05, 0.1) is 16.7 Å². The molecule has 1 amide bonds. The Morgan fingerprint density at radius 1 is 1.20 bits per heavy atom. The number of nitrogens with zero attached hydrogens (tertiary/aromatic N) is 1. The third-order valence-corrected chi connectivity index (χ3v) is 4.75. The Balaban J connectivity index is 2.22. The van der Waals surface area contributed by atoms with Gasteiger partial charge >= 0.3 is 5.97 Å². The van der Waals surface area contributed by atoms with E-state index in [-0.39, 0.29) is 34.6 Å². The maximum atomic E-state index is 12.5. The molecular formula is C22H20Cl2N2O4. The Kier molecular flexibility index (Phi) is 8.28. The monoisotopic (exact) mass is 446 g/mol. The summed E-state index contributed by atoms with van der Waals surface area (Å²) in [5, 5.41) is 12.4. The summed E-state index contributed by atoms with van der Waals surface area (Å²) in [6.45, 7) is 5.39. The minimum atomic E-state index is -0.555. The van der Waals surface area contributed by atoms with Crippen LogP contribution in [0, 0.1) is 25.2 Å². The Morgan fingerprint density at radius 2 is 1.87 bits per heavy atom. The molecule has 2 aromatic carbocycles. The highest BCUT2D eigenvalue weighted by molar-refractivity contribution is 6.37. The van der Waals surface area contributed by atoms with Gasteiger partial charge < -0.3 is 14.8 Å². The summed E-state index contributed by atoms with van der Waals surface area (Å²) in [6, 6.07) is 10.4. The molecular weight excluding hydrogens is 427 g/mol. The minimum absolute atomic E-state index is 0.113. The Labute approximate surface area is 185 Å². The lowest BCUT2D eigenvalue weighted by Crippen LogP contribution is -2.15. The molecule has 0 fully saturated rings. The van der Waals surface area contributed by atoms with Gasteiger partial charge in [-0.05, 0) is 61.7 Å². The lowest BCUT2D eigenvalue weighted by atomic mass is 10.1. The fraction of sp³-hybridized carbons (Fsp3) is 0.227. The highest BCUT2D eigenvalue weighted by atomic mass is 35.5. The number of anilines is 1. The molecule has 6 nitrogen and oxygen atoms in total. The summed E-state index contributed by atoms with van der Waals surface area (Å²) in [6.07, 6.45) is 1.37. The van der Waals surface area contributed by atoms with Crippen LogP contribution >= 0.6 is 23.2 Å². The van der Waals surface area contributed by atoms with Crippen LogP contribution in [0.15, 0.2) is 35.9 Å². The Hall–Kier alpha value is -3.01. The van der Waals surface area contributed by atoms with E-state index >= 15 is 0 Å². The van der Waals surface area contributed by atoms with Crippen molar-refractivity contribution >= 4 is 46.8 Å². The molecule has 1 N–H and O–H groups in total. The number of amides is 1. The second kappa shape index (κ2) is 10.7. The maximum Gasteiger partial charge on any atom is 0.344 e. The number of nitrogens with one attached hydrogen (secondary N) is 1. The molecule has 2 rings (SSSR count). The van der Waals surface area contributed by atoms with E-state index in [4.69, 9.17) is 32.7 Å². The average Bonchev–Trinajstić information content (AvgIpc) is 2.69. The fourth-order valence-electron chi connectivity index (χ4n) is 2.53. The molecule has 2 aromatic rings. The predicted molar refractivity (Wildman–Crippen MR) is 117 cm³/mol. The maximum absolute atomic E-state index is 12.5. The van der Waals surface area contributed by atoms with E-state index < -0.39 is 11.9 Å². The van der Waals surface area contributed by atoms with Crippen molar-refractivity contribution in [1.82, 2.24) is 0 Å². The zero-order valence-corrected chi connectivity index (χ0v) is 18.2. The molecule has 0 spiro atoms. The van der Waals surface area contributed by atoms with Crippen LogP contribution in [-0.4, -0.2) is 25.1 Å². The number of nitriles is 1. The highest BCUT2D eigenvalue weighted by Gasteiger charge is 2.15. The summed E-state index contributed by atoms with van der Waals surface area (Å²) in [5.74, 6) is -0.994. The van der Waals surface area contributed by atoms with Gasteiger partial charge in [-0.2, -0.15) is 5.26 Å². The molecule has 0 aliphatic carbocycles. The number of rotatable bonds is 7. The molecule has 0 heterocycles. The Bertz CT molecular complexity index is 1020. The van der Waals surface area contributed by atoms with Crippen molar-refractivity contribution in [3.05, 3.63) is 62.6 Å². The molecule has 0 unspecified atom stereocenters. The number of carbonyl (C=O) groups excluding carboxylic acids is 2. The van der Waals surface area contributed by atoms with Crippen molar-refractivity contribution in [1.29, 1.82) is 5.26 Å².